The van der Waals surface area contributed by atoms with Crippen molar-refractivity contribution in [3.63, 3.8) is 0 Å². The van der Waals surface area contributed by atoms with Crippen molar-refractivity contribution in [1.82, 2.24) is 20.2 Å². The van der Waals surface area contributed by atoms with Crippen LogP contribution in [0.1, 0.15) is 37.6 Å². The van der Waals surface area contributed by atoms with E-state index in [1.807, 2.05) is 41.1 Å². The standard InChI is InChI=1S/C25H30N4O4/c1-25(2,3)33-24(32)28-22(23(31)26-14-18-9-11-21(30)12-10-18)13-20-16-29(17-27-20)15-19-7-5-4-6-8-19/h4-12,16-17,22,30H,13-15H2,1-3H3,(H,26,31)(H,28,32)/t22-/m1/s1. The molecule has 0 unspecified atom stereocenters. The minimum atomic E-state index is -0.864. The van der Waals surface area contributed by atoms with Gasteiger partial charge in [-0.3, -0.25) is 4.79 Å². The molecule has 0 fully saturated rings. The number of nitrogens with one attached hydrogen (secondary N) is 2. The Kier molecular flexibility index (Phi) is 7.71. The number of phenolic OH excluding ortho intramolecular Hbond substituents is 1. The first kappa shape index (κ1) is 23.8. The second-order valence-electron chi connectivity index (χ2n) is 8.81. The van der Waals surface area contributed by atoms with E-state index in [-0.39, 0.29) is 24.6 Å². The van der Waals surface area contributed by atoms with Gasteiger partial charge >= 0.3 is 6.09 Å². The number of rotatable bonds is 8. The Morgan fingerprint density at radius 2 is 1.76 bits per heavy atom. The lowest BCUT2D eigenvalue weighted by Crippen LogP contribution is -2.49. The third-order valence-electron chi connectivity index (χ3n) is 4.72. The number of alkyl carbamates (subject to hydrolysis) is 1. The minimum absolute atomic E-state index is 0.153. The molecule has 1 aromatic heterocycles. The summed E-state index contributed by atoms with van der Waals surface area (Å²) in [6.07, 6.45) is 3.12. The van der Waals surface area contributed by atoms with Crippen molar-refractivity contribution in [3.8, 4) is 5.75 Å². The van der Waals surface area contributed by atoms with Crippen LogP contribution in [-0.4, -0.2) is 38.3 Å². The number of hydrogen-bond donors (Lipinski definition) is 3. The average Bonchev–Trinajstić information content (AvgIpc) is 3.19. The van der Waals surface area contributed by atoms with Crippen LogP contribution in [0.4, 0.5) is 4.79 Å². The van der Waals surface area contributed by atoms with E-state index in [0.717, 1.165) is 11.1 Å². The van der Waals surface area contributed by atoms with E-state index in [1.165, 1.54) is 0 Å². The summed E-state index contributed by atoms with van der Waals surface area (Å²) in [5, 5.41) is 14.9. The summed E-state index contributed by atoms with van der Waals surface area (Å²) in [7, 11) is 0. The summed E-state index contributed by atoms with van der Waals surface area (Å²) in [4.78, 5) is 29.7. The first-order valence-electron chi connectivity index (χ1n) is 10.8. The first-order chi connectivity index (χ1) is 15.7. The lowest BCUT2D eigenvalue weighted by molar-refractivity contribution is -0.123. The highest BCUT2D eigenvalue weighted by molar-refractivity contribution is 5.85. The molecule has 0 saturated carbocycles. The number of hydrogen-bond acceptors (Lipinski definition) is 5. The number of imidazole rings is 1. The van der Waals surface area contributed by atoms with Gasteiger partial charge in [-0.2, -0.15) is 0 Å². The van der Waals surface area contributed by atoms with Gasteiger partial charge in [0, 0.05) is 25.7 Å². The molecule has 0 aliphatic heterocycles. The molecule has 33 heavy (non-hydrogen) atoms. The quantitative estimate of drug-likeness (QED) is 0.488. The van der Waals surface area contributed by atoms with Gasteiger partial charge in [0.25, 0.3) is 0 Å². The molecule has 2 aromatic carbocycles. The van der Waals surface area contributed by atoms with Crippen molar-refractivity contribution < 1.29 is 19.4 Å². The number of nitrogens with zero attached hydrogens (tertiary/aromatic N) is 2. The molecule has 3 aromatic rings. The molecule has 2 amide bonds. The van der Waals surface area contributed by atoms with E-state index in [1.54, 1.807) is 51.4 Å². The van der Waals surface area contributed by atoms with Gasteiger partial charge in [0.2, 0.25) is 5.91 Å². The van der Waals surface area contributed by atoms with Crippen molar-refractivity contribution in [3.05, 3.63) is 83.9 Å². The zero-order valence-corrected chi connectivity index (χ0v) is 19.1. The topological polar surface area (TPSA) is 105 Å². The normalized spacial score (nSPS) is 12.1. The molecular formula is C25H30N4O4. The third kappa shape index (κ3) is 7.99. The number of aromatic nitrogens is 2. The van der Waals surface area contributed by atoms with Crippen LogP contribution in [0, 0.1) is 0 Å². The molecule has 0 aliphatic carbocycles. The van der Waals surface area contributed by atoms with Gasteiger partial charge in [-0.05, 0) is 44.0 Å². The fraction of sp³-hybridized carbons (Fsp3) is 0.320. The molecular weight excluding hydrogens is 420 g/mol. The van der Waals surface area contributed by atoms with Crippen LogP contribution in [0.5, 0.6) is 5.75 Å². The maximum absolute atomic E-state index is 12.9. The predicted molar refractivity (Wildman–Crippen MR) is 125 cm³/mol. The van der Waals surface area contributed by atoms with Crippen LogP contribution in [0.15, 0.2) is 67.1 Å². The Labute approximate surface area is 193 Å². The number of amides is 2. The summed E-state index contributed by atoms with van der Waals surface area (Å²) < 4.78 is 7.27. The molecule has 0 aliphatic rings. The van der Waals surface area contributed by atoms with Crippen molar-refractivity contribution in [2.45, 2.75) is 51.9 Å². The Hall–Kier alpha value is -3.81. The van der Waals surface area contributed by atoms with Crippen LogP contribution in [0.25, 0.3) is 0 Å². The maximum atomic E-state index is 12.9. The molecule has 3 N–H and O–H groups in total. The van der Waals surface area contributed by atoms with Gasteiger partial charge in [-0.15, -0.1) is 0 Å². The number of carbonyl (C=O) groups is 2. The zero-order valence-electron chi connectivity index (χ0n) is 19.1. The van der Waals surface area contributed by atoms with Crippen molar-refractivity contribution in [1.29, 1.82) is 0 Å². The fourth-order valence-electron chi connectivity index (χ4n) is 3.19. The highest BCUT2D eigenvalue weighted by atomic mass is 16.6. The third-order valence-corrected chi connectivity index (χ3v) is 4.72. The zero-order chi connectivity index (χ0) is 23.8. The minimum Gasteiger partial charge on any atom is -0.508 e. The SMILES string of the molecule is CC(C)(C)OC(=O)N[C@H](Cc1cn(Cc2ccccc2)cn1)C(=O)NCc1ccc(O)cc1. The van der Waals surface area contributed by atoms with Crippen LogP contribution < -0.4 is 10.6 Å². The lowest BCUT2D eigenvalue weighted by Gasteiger charge is -2.23. The molecule has 1 atom stereocenters. The van der Waals surface area contributed by atoms with E-state index in [0.29, 0.717) is 12.2 Å². The Balaban J connectivity index is 1.67. The van der Waals surface area contributed by atoms with Gasteiger partial charge in [0.05, 0.1) is 12.0 Å². The second kappa shape index (κ2) is 10.7. The first-order valence-corrected chi connectivity index (χ1v) is 10.8. The molecule has 1 heterocycles. The van der Waals surface area contributed by atoms with E-state index in [4.69, 9.17) is 4.74 Å². The number of ether oxygens (including phenoxy) is 1. The lowest BCUT2D eigenvalue weighted by atomic mass is 10.1. The Morgan fingerprint density at radius 3 is 2.42 bits per heavy atom. The van der Waals surface area contributed by atoms with Gasteiger partial charge in [-0.25, -0.2) is 9.78 Å². The maximum Gasteiger partial charge on any atom is 0.408 e. The molecule has 174 valence electrons. The molecule has 0 saturated heterocycles. The molecule has 0 bridgehead atoms. The smallest absolute Gasteiger partial charge is 0.408 e. The van der Waals surface area contributed by atoms with E-state index in [9.17, 15) is 14.7 Å². The molecule has 8 heteroatoms. The van der Waals surface area contributed by atoms with Gasteiger partial charge in [0.15, 0.2) is 0 Å². The largest absolute Gasteiger partial charge is 0.508 e. The Morgan fingerprint density at radius 1 is 1.06 bits per heavy atom. The number of aromatic hydroxyl groups is 1. The summed E-state index contributed by atoms with van der Waals surface area (Å²) >= 11 is 0. The Bertz CT molecular complexity index is 1060. The van der Waals surface area contributed by atoms with Crippen molar-refractivity contribution >= 4 is 12.0 Å². The molecule has 8 nitrogen and oxygen atoms in total. The summed E-state index contributed by atoms with van der Waals surface area (Å²) in [5.41, 5.74) is 1.95. The molecule has 3 rings (SSSR count). The van der Waals surface area contributed by atoms with E-state index >= 15 is 0 Å². The van der Waals surface area contributed by atoms with Gasteiger partial charge < -0.3 is 25.0 Å². The fourth-order valence-corrected chi connectivity index (χ4v) is 3.19. The summed E-state index contributed by atoms with van der Waals surface area (Å²) in [6, 6.07) is 15.7. The molecule has 0 spiro atoms. The monoisotopic (exact) mass is 450 g/mol. The van der Waals surface area contributed by atoms with Crippen LogP contribution >= 0.6 is 0 Å². The number of carbonyl (C=O) groups excluding carboxylic acids is 2. The number of benzene rings is 2. The highest BCUT2D eigenvalue weighted by Crippen LogP contribution is 2.11. The molecule has 0 radical (unpaired) electrons. The average molecular weight is 451 g/mol. The second-order valence-corrected chi connectivity index (χ2v) is 8.81. The summed E-state index contributed by atoms with van der Waals surface area (Å²) in [5.74, 6) is -0.202. The van der Waals surface area contributed by atoms with Crippen molar-refractivity contribution in [2.75, 3.05) is 0 Å². The summed E-state index contributed by atoms with van der Waals surface area (Å²) in [6.45, 7) is 6.20. The van der Waals surface area contributed by atoms with Gasteiger partial charge in [0.1, 0.15) is 17.4 Å². The van der Waals surface area contributed by atoms with Crippen LogP contribution in [0.2, 0.25) is 0 Å². The highest BCUT2D eigenvalue weighted by Gasteiger charge is 2.25. The van der Waals surface area contributed by atoms with Gasteiger partial charge in [-0.1, -0.05) is 42.5 Å². The van der Waals surface area contributed by atoms with Crippen LogP contribution in [-0.2, 0) is 29.0 Å². The van der Waals surface area contributed by atoms with Crippen LogP contribution in [0.3, 0.4) is 0 Å². The van der Waals surface area contributed by atoms with E-state index < -0.39 is 17.7 Å². The predicted octanol–water partition coefficient (Wildman–Crippen LogP) is 3.39. The van der Waals surface area contributed by atoms with Crippen molar-refractivity contribution in [2.24, 2.45) is 0 Å². The number of phenols is 1. The van der Waals surface area contributed by atoms with E-state index in [2.05, 4.69) is 15.6 Å².